The van der Waals surface area contributed by atoms with Crippen molar-refractivity contribution in [2.75, 3.05) is 25.0 Å². The molecule has 8 nitrogen and oxygen atoms in total. The molecule has 0 aliphatic carbocycles. The third-order valence-electron chi connectivity index (χ3n) is 4.10. The average Bonchev–Trinajstić information content (AvgIpc) is 3.23. The van der Waals surface area contributed by atoms with Crippen molar-refractivity contribution in [3.63, 3.8) is 0 Å². The first-order valence-electron chi connectivity index (χ1n) is 8.11. The van der Waals surface area contributed by atoms with E-state index in [1.165, 1.54) is 6.33 Å². The van der Waals surface area contributed by atoms with Crippen molar-refractivity contribution in [1.82, 2.24) is 24.8 Å². The fourth-order valence-corrected chi connectivity index (χ4v) is 2.58. The van der Waals surface area contributed by atoms with Gasteiger partial charge in [0, 0.05) is 31.5 Å². The van der Waals surface area contributed by atoms with Crippen molar-refractivity contribution in [2.24, 2.45) is 0 Å². The number of aryl methyl sites for hydroxylation is 1. The largest absolute Gasteiger partial charge is 0.368 e. The number of ether oxygens (including phenoxy) is 1. The van der Waals surface area contributed by atoms with Crippen LogP contribution in [0.5, 0.6) is 0 Å². The number of nitrogens with zero attached hydrogens (tertiary/aromatic N) is 4. The standard InChI is InChI=1S/C16H22N6O2/c1-11-12(2)22(10-21-11)15-8-14(19-9-20-15)17-5-6-18-16(23)13-4-3-7-24-13/h8-10,13H,3-7H2,1-2H3,(H,18,23)(H,17,19,20). The van der Waals surface area contributed by atoms with Gasteiger partial charge in [-0.15, -0.1) is 0 Å². The number of amides is 1. The Bertz CT molecular complexity index is 708. The van der Waals surface area contributed by atoms with Crippen LogP contribution in [0.2, 0.25) is 0 Å². The highest BCUT2D eigenvalue weighted by Gasteiger charge is 2.22. The molecule has 0 saturated carbocycles. The zero-order valence-corrected chi connectivity index (χ0v) is 14.0. The Balaban J connectivity index is 1.52. The predicted molar refractivity (Wildman–Crippen MR) is 89.1 cm³/mol. The summed E-state index contributed by atoms with van der Waals surface area (Å²) in [6, 6.07) is 1.86. The Labute approximate surface area is 140 Å². The van der Waals surface area contributed by atoms with Crippen LogP contribution in [0.3, 0.4) is 0 Å². The molecule has 1 fully saturated rings. The second-order valence-electron chi connectivity index (χ2n) is 5.77. The maximum atomic E-state index is 11.8. The molecule has 128 valence electrons. The van der Waals surface area contributed by atoms with E-state index in [4.69, 9.17) is 4.74 Å². The molecular formula is C16H22N6O2. The highest BCUT2D eigenvalue weighted by molar-refractivity contribution is 5.80. The van der Waals surface area contributed by atoms with Crippen molar-refractivity contribution < 1.29 is 9.53 Å². The fourth-order valence-electron chi connectivity index (χ4n) is 2.58. The Morgan fingerprint density at radius 3 is 2.92 bits per heavy atom. The van der Waals surface area contributed by atoms with Gasteiger partial charge in [0.05, 0.1) is 5.69 Å². The number of carbonyl (C=O) groups excluding carboxylic acids is 1. The number of hydrogen-bond donors (Lipinski definition) is 2. The van der Waals surface area contributed by atoms with E-state index >= 15 is 0 Å². The van der Waals surface area contributed by atoms with Gasteiger partial charge < -0.3 is 15.4 Å². The van der Waals surface area contributed by atoms with Gasteiger partial charge >= 0.3 is 0 Å². The first-order valence-corrected chi connectivity index (χ1v) is 8.11. The van der Waals surface area contributed by atoms with Crippen LogP contribution in [0, 0.1) is 13.8 Å². The monoisotopic (exact) mass is 330 g/mol. The second kappa shape index (κ2) is 7.39. The lowest BCUT2D eigenvalue weighted by molar-refractivity contribution is -0.129. The zero-order chi connectivity index (χ0) is 16.9. The SMILES string of the molecule is Cc1ncn(-c2cc(NCCNC(=O)C3CCCO3)ncn2)c1C. The summed E-state index contributed by atoms with van der Waals surface area (Å²) in [6.45, 7) is 5.73. The lowest BCUT2D eigenvalue weighted by Crippen LogP contribution is -2.36. The summed E-state index contributed by atoms with van der Waals surface area (Å²) in [5.41, 5.74) is 2.02. The number of carbonyl (C=O) groups is 1. The van der Waals surface area contributed by atoms with Gasteiger partial charge in [0.25, 0.3) is 0 Å². The number of imidazole rings is 1. The van der Waals surface area contributed by atoms with Crippen LogP contribution in [-0.2, 0) is 9.53 Å². The van der Waals surface area contributed by atoms with Gasteiger partial charge in [0.15, 0.2) is 0 Å². The highest BCUT2D eigenvalue weighted by Crippen LogP contribution is 2.14. The molecule has 2 aromatic heterocycles. The smallest absolute Gasteiger partial charge is 0.249 e. The van der Waals surface area contributed by atoms with Gasteiger partial charge in [-0.05, 0) is 26.7 Å². The molecule has 1 saturated heterocycles. The topological polar surface area (TPSA) is 94.0 Å². The van der Waals surface area contributed by atoms with Gasteiger partial charge in [-0.2, -0.15) is 0 Å². The minimum absolute atomic E-state index is 0.0396. The van der Waals surface area contributed by atoms with Crippen LogP contribution in [-0.4, -0.2) is 51.2 Å². The summed E-state index contributed by atoms with van der Waals surface area (Å²) < 4.78 is 7.26. The molecule has 8 heteroatoms. The van der Waals surface area contributed by atoms with Crippen molar-refractivity contribution in [3.05, 3.63) is 30.1 Å². The van der Waals surface area contributed by atoms with Gasteiger partial charge in [0.2, 0.25) is 5.91 Å². The summed E-state index contributed by atoms with van der Waals surface area (Å²) in [4.78, 5) is 24.6. The molecule has 0 radical (unpaired) electrons. The maximum Gasteiger partial charge on any atom is 0.249 e. The molecule has 1 amide bonds. The summed E-state index contributed by atoms with van der Waals surface area (Å²) in [5.74, 6) is 1.42. The van der Waals surface area contributed by atoms with E-state index in [9.17, 15) is 4.79 Å². The molecule has 24 heavy (non-hydrogen) atoms. The van der Waals surface area contributed by atoms with Crippen molar-refractivity contribution in [3.8, 4) is 5.82 Å². The molecule has 2 aromatic rings. The van der Waals surface area contributed by atoms with Gasteiger partial charge in [0.1, 0.15) is 30.4 Å². The van der Waals surface area contributed by atoms with E-state index in [1.807, 2.05) is 24.5 Å². The fraction of sp³-hybridized carbons (Fsp3) is 0.500. The predicted octanol–water partition coefficient (Wildman–Crippen LogP) is 0.986. The third kappa shape index (κ3) is 3.70. The normalized spacial score (nSPS) is 17.0. The van der Waals surface area contributed by atoms with Crippen molar-refractivity contribution >= 4 is 11.7 Å². The van der Waals surface area contributed by atoms with E-state index in [1.54, 1.807) is 6.33 Å². The van der Waals surface area contributed by atoms with Gasteiger partial charge in [-0.25, -0.2) is 15.0 Å². The quantitative estimate of drug-likeness (QED) is 0.767. The molecule has 0 spiro atoms. The molecule has 0 bridgehead atoms. The molecule has 1 unspecified atom stereocenters. The Morgan fingerprint density at radius 2 is 2.21 bits per heavy atom. The second-order valence-corrected chi connectivity index (χ2v) is 5.77. The zero-order valence-electron chi connectivity index (χ0n) is 14.0. The average molecular weight is 330 g/mol. The third-order valence-corrected chi connectivity index (χ3v) is 4.10. The first kappa shape index (κ1) is 16.4. The number of hydrogen-bond acceptors (Lipinski definition) is 6. The minimum atomic E-state index is -0.289. The molecule has 0 aromatic carbocycles. The van der Waals surface area contributed by atoms with Gasteiger partial charge in [-0.3, -0.25) is 9.36 Å². The summed E-state index contributed by atoms with van der Waals surface area (Å²) in [6.07, 6.45) is 4.73. The van der Waals surface area contributed by atoms with Crippen molar-refractivity contribution in [2.45, 2.75) is 32.8 Å². The number of nitrogens with one attached hydrogen (secondary N) is 2. The molecule has 1 aliphatic rings. The maximum absolute atomic E-state index is 11.8. The summed E-state index contributed by atoms with van der Waals surface area (Å²) >= 11 is 0. The molecule has 2 N–H and O–H groups in total. The molecule has 1 aliphatic heterocycles. The van der Waals surface area contributed by atoms with Crippen LogP contribution in [0.15, 0.2) is 18.7 Å². The minimum Gasteiger partial charge on any atom is -0.368 e. The van der Waals surface area contributed by atoms with Crippen molar-refractivity contribution in [1.29, 1.82) is 0 Å². The number of aromatic nitrogens is 4. The number of anilines is 1. The summed E-state index contributed by atoms with van der Waals surface area (Å²) in [5, 5.41) is 6.06. The molecular weight excluding hydrogens is 308 g/mol. The van der Waals surface area contributed by atoms with E-state index in [0.29, 0.717) is 25.5 Å². The van der Waals surface area contributed by atoms with E-state index in [0.717, 1.165) is 30.0 Å². The molecule has 1 atom stereocenters. The van der Waals surface area contributed by atoms with Crippen LogP contribution in [0.1, 0.15) is 24.2 Å². The van der Waals surface area contributed by atoms with Crippen LogP contribution < -0.4 is 10.6 Å². The lowest BCUT2D eigenvalue weighted by atomic mass is 10.2. The van der Waals surface area contributed by atoms with Crippen LogP contribution >= 0.6 is 0 Å². The number of rotatable bonds is 6. The van der Waals surface area contributed by atoms with Crippen LogP contribution in [0.4, 0.5) is 5.82 Å². The Morgan fingerprint density at radius 1 is 1.33 bits per heavy atom. The molecule has 3 rings (SSSR count). The van der Waals surface area contributed by atoms with E-state index in [-0.39, 0.29) is 12.0 Å². The Kier molecular flexibility index (Phi) is 5.05. The van der Waals surface area contributed by atoms with E-state index < -0.39 is 0 Å². The highest BCUT2D eigenvalue weighted by atomic mass is 16.5. The van der Waals surface area contributed by atoms with Gasteiger partial charge in [-0.1, -0.05) is 0 Å². The van der Waals surface area contributed by atoms with Crippen LogP contribution in [0.25, 0.3) is 5.82 Å². The Hall–Kier alpha value is -2.48. The van der Waals surface area contributed by atoms with E-state index in [2.05, 4.69) is 25.6 Å². The summed E-state index contributed by atoms with van der Waals surface area (Å²) in [7, 11) is 0. The first-order chi connectivity index (χ1) is 11.6. The lowest BCUT2D eigenvalue weighted by Gasteiger charge is -2.11. The molecule has 3 heterocycles.